The molecule has 0 aromatic rings. The van der Waals surface area contributed by atoms with Crippen molar-refractivity contribution in [2.45, 2.75) is 124 Å². The van der Waals surface area contributed by atoms with E-state index in [-0.39, 0.29) is 0 Å². The summed E-state index contributed by atoms with van der Waals surface area (Å²) in [6.45, 7) is 9.48. The summed E-state index contributed by atoms with van der Waals surface area (Å²) in [4.78, 5) is 0. The van der Waals surface area contributed by atoms with Crippen LogP contribution >= 0.6 is 7.26 Å². The Hall–Kier alpha value is 0.430. The standard InChI is InChI=1S/C23H51P/c1-5-9-12-14-16-18-22-24(20-8-4,21-11-7-3)23-19-17-15-13-10-6-2/h24H,5-23H2,1-4H3. The molecule has 0 heterocycles. The molecule has 24 heavy (non-hydrogen) atoms. The normalized spacial score (nSPS) is 12.7. The molecule has 0 amide bonds. The Morgan fingerprint density at radius 3 is 1.12 bits per heavy atom. The molecule has 0 aliphatic carbocycles. The topological polar surface area (TPSA) is 0 Å². The van der Waals surface area contributed by atoms with E-state index in [2.05, 4.69) is 27.7 Å². The van der Waals surface area contributed by atoms with Crippen LogP contribution in [-0.2, 0) is 0 Å². The average Bonchev–Trinajstić information content (AvgIpc) is 2.59. The fraction of sp³-hybridized carbons (Fsp3) is 1.00. The van der Waals surface area contributed by atoms with Gasteiger partial charge in [0.25, 0.3) is 0 Å². The molecule has 0 bridgehead atoms. The van der Waals surface area contributed by atoms with E-state index in [4.69, 9.17) is 0 Å². The van der Waals surface area contributed by atoms with Crippen LogP contribution in [0.25, 0.3) is 0 Å². The van der Waals surface area contributed by atoms with Crippen LogP contribution in [-0.4, -0.2) is 24.6 Å². The van der Waals surface area contributed by atoms with E-state index in [1.807, 2.05) is 0 Å². The Labute approximate surface area is 156 Å². The second-order valence-corrected chi connectivity index (χ2v) is 13.4. The number of hydrogen-bond acceptors (Lipinski definition) is 0. The molecule has 0 N–H and O–H groups in total. The van der Waals surface area contributed by atoms with Gasteiger partial charge in [-0.05, 0) is 0 Å². The van der Waals surface area contributed by atoms with Crippen LogP contribution in [0, 0.1) is 0 Å². The Kier molecular flexibility index (Phi) is 18.6. The molecule has 0 unspecified atom stereocenters. The quantitative estimate of drug-likeness (QED) is 0.160. The van der Waals surface area contributed by atoms with Crippen molar-refractivity contribution in [2.75, 3.05) is 24.6 Å². The van der Waals surface area contributed by atoms with Crippen molar-refractivity contribution in [2.24, 2.45) is 0 Å². The van der Waals surface area contributed by atoms with Gasteiger partial charge in [-0.15, -0.1) is 0 Å². The SMILES string of the molecule is CCCCCCCC[PH](CCC)(CCCC)CCCCCCCC. The fourth-order valence-electron chi connectivity index (χ4n) is 4.39. The van der Waals surface area contributed by atoms with Crippen molar-refractivity contribution >= 4 is 7.26 Å². The van der Waals surface area contributed by atoms with E-state index in [9.17, 15) is 0 Å². The van der Waals surface area contributed by atoms with Crippen molar-refractivity contribution in [1.82, 2.24) is 0 Å². The molecule has 0 atom stereocenters. The van der Waals surface area contributed by atoms with Gasteiger partial charge in [0.1, 0.15) is 0 Å². The van der Waals surface area contributed by atoms with Gasteiger partial charge < -0.3 is 0 Å². The predicted octanol–water partition coefficient (Wildman–Crippen LogP) is 8.67. The Morgan fingerprint density at radius 2 is 0.708 bits per heavy atom. The molecular formula is C23H51P. The minimum atomic E-state index is -0.953. The summed E-state index contributed by atoms with van der Waals surface area (Å²) >= 11 is 0. The molecule has 0 aliphatic rings. The van der Waals surface area contributed by atoms with Crippen molar-refractivity contribution in [3.05, 3.63) is 0 Å². The van der Waals surface area contributed by atoms with Gasteiger partial charge in [-0.25, -0.2) is 0 Å². The monoisotopic (exact) mass is 358 g/mol. The van der Waals surface area contributed by atoms with Crippen LogP contribution < -0.4 is 0 Å². The predicted molar refractivity (Wildman–Crippen MR) is 120 cm³/mol. The third-order valence-electron chi connectivity index (χ3n) is 5.96. The van der Waals surface area contributed by atoms with Gasteiger partial charge in [-0.3, -0.25) is 0 Å². The number of hydrogen-bond donors (Lipinski definition) is 0. The van der Waals surface area contributed by atoms with E-state index in [0.29, 0.717) is 0 Å². The summed E-state index contributed by atoms with van der Waals surface area (Å²) in [7, 11) is -0.953. The summed E-state index contributed by atoms with van der Waals surface area (Å²) in [6.07, 6.45) is 28.7. The number of rotatable bonds is 19. The maximum absolute atomic E-state index is 2.44. The first-order valence-electron chi connectivity index (χ1n) is 11.7. The molecule has 0 radical (unpaired) electrons. The molecular weight excluding hydrogens is 307 g/mol. The summed E-state index contributed by atoms with van der Waals surface area (Å²) in [5, 5.41) is 0. The molecule has 0 aliphatic heterocycles. The maximum atomic E-state index is 2.44. The minimum absolute atomic E-state index is 0.953. The summed E-state index contributed by atoms with van der Waals surface area (Å²) in [5.41, 5.74) is 0. The van der Waals surface area contributed by atoms with Crippen molar-refractivity contribution in [3.8, 4) is 0 Å². The summed E-state index contributed by atoms with van der Waals surface area (Å²) in [6, 6.07) is 0. The van der Waals surface area contributed by atoms with Gasteiger partial charge in [-0.2, -0.15) is 0 Å². The Morgan fingerprint density at radius 1 is 0.333 bits per heavy atom. The molecule has 0 spiro atoms. The van der Waals surface area contributed by atoms with Gasteiger partial charge in [0.2, 0.25) is 0 Å². The van der Waals surface area contributed by atoms with Crippen LogP contribution in [0.4, 0.5) is 0 Å². The van der Waals surface area contributed by atoms with Gasteiger partial charge in [0.15, 0.2) is 0 Å². The van der Waals surface area contributed by atoms with Gasteiger partial charge in [0, 0.05) is 0 Å². The number of unbranched alkanes of at least 4 members (excludes halogenated alkanes) is 11. The zero-order chi connectivity index (χ0) is 17.9. The molecule has 0 saturated carbocycles. The van der Waals surface area contributed by atoms with E-state index in [1.54, 1.807) is 37.5 Å². The molecule has 0 fully saturated rings. The van der Waals surface area contributed by atoms with Crippen LogP contribution in [0.15, 0.2) is 0 Å². The van der Waals surface area contributed by atoms with E-state index < -0.39 is 7.26 Å². The second-order valence-electron chi connectivity index (χ2n) is 8.39. The van der Waals surface area contributed by atoms with E-state index in [1.165, 1.54) is 83.5 Å². The zero-order valence-electron chi connectivity index (χ0n) is 17.9. The van der Waals surface area contributed by atoms with E-state index >= 15 is 0 Å². The Bertz CT molecular complexity index is 220. The fourth-order valence-corrected chi connectivity index (χ4v) is 10.1. The van der Waals surface area contributed by atoms with Crippen molar-refractivity contribution in [1.29, 1.82) is 0 Å². The first-order chi connectivity index (χ1) is 11.7. The molecule has 0 saturated heterocycles. The van der Waals surface area contributed by atoms with Crippen LogP contribution in [0.1, 0.15) is 124 Å². The Balaban J connectivity index is 4.23. The molecule has 0 rings (SSSR count). The van der Waals surface area contributed by atoms with Crippen molar-refractivity contribution < 1.29 is 0 Å². The molecule has 0 nitrogen and oxygen atoms in total. The molecule has 0 aromatic carbocycles. The van der Waals surface area contributed by atoms with Crippen LogP contribution in [0.2, 0.25) is 0 Å². The third-order valence-corrected chi connectivity index (χ3v) is 11.8. The second kappa shape index (κ2) is 18.2. The van der Waals surface area contributed by atoms with Gasteiger partial charge >= 0.3 is 156 Å². The van der Waals surface area contributed by atoms with Crippen LogP contribution in [0.3, 0.4) is 0 Å². The van der Waals surface area contributed by atoms with Crippen LogP contribution in [0.5, 0.6) is 0 Å². The first-order valence-corrected chi connectivity index (χ1v) is 14.6. The molecule has 1 heteroatoms. The zero-order valence-corrected chi connectivity index (χ0v) is 18.9. The van der Waals surface area contributed by atoms with Crippen molar-refractivity contribution in [3.63, 3.8) is 0 Å². The van der Waals surface area contributed by atoms with Gasteiger partial charge in [-0.1, -0.05) is 0 Å². The summed E-state index contributed by atoms with van der Waals surface area (Å²) in [5.74, 6) is 0. The third kappa shape index (κ3) is 13.7. The molecule has 0 aromatic heterocycles. The first kappa shape index (κ1) is 24.4. The average molecular weight is 359 g/mol. The van der Waals surface area contributed by atoms with E-state index in [0.717, 1.165) is 0 Å². The van der Waals surface area contributed by atoms with Gasteiger partial charge in [0.05, 0.1) is 0 Å². The summed E-state index contributed by atoms with van der Waals surface area (Å²) < 4.78 is 0. The molecule has 148 valence electrons.